The third kappa shape index (κ3) is 4.24. The zero-order valence-corrected chi connectivity index (χ0v) is 9.50. The van der Waals surface area contributed by atoms with Crippen LogP contribution in [-0.4, -0.2) is 0 Å². The number of hydrogen-bond acceptors (Lipinski definition) is 1. The topological polar surface area (TPSA) is 0 Å². The Hall–Kier alpha value is 0.804. The number of hydrogen-bond donors (Lipinski definition) is 0. The molecule has 0 aliphatic carbocycles. The van der Waals surface area contributed by atoms with Gasteiger partial charge in [-0.15, -0.1) is 5.38 Å². The van der Waals surface area contributed by atoms with Crippen molar-refractivity contribution in [3.8, 4) is 0 Å². The minimum Gasteiger partial charge on any atom is -0.358 e. The summed E-state index contributed by atoms with van der Waals surface area (Å²) in [5.41, 5.74) is 1.39. The number of aryl methyl sites for hydroxylation is 1. The van der Waals surface area contributed by atoms with Gasteiger partial charge in [0.25, 0.3) is 0 Å². The molecule has 0 N–H and O–H groups in total. The van der Waals surface area contributed by atoms with Crippen LogP contribution in [0.3, 0.4) is 0 Å². The van der Waals surface area contributed by atoms with Crippen molar-refractivity contribution in [1.29, 1.82) is 0 Å². The first-order valence-corrected chi connectivity index (χ1v) is 3.25. The van der Waals surface area contributed by atoms with Crippen LogP contribution in [0, 0.1) is 12.8 Å². The maximum Gasteiger partial charge on any atom is 0 e. The average molecular weight is 215 g/mol. The van der Waals surface area contributed by atoms with Gasteiger partial charge >= 0.3 is 0 Å². The molecule has 0 saturated heterocycles. The summed E-state index contributed by atoms with van der Waals surface area (Å²) in [6, 6.07) is 2.03. The molecule has 0 amide bonds. The van der Waals surface area contributed by atoms with Crippen molar-refractivity contribution in [2.75, 3.05) is 0 Å². The van der Waals surface area contributed by atoms with Crippen molar-refractivity contribution in [2.45, 2.75) is 13.3 Å². The Morgan fingerprint density at radius 2 is 2.33 bits per heavy atom. The molecule has 0 bridgehead atoms. The molecular weight excluding hydrogens is 205 g/mol. The third-order valence-corrected chi connectivity index (χ3v) is 1.61. The Labute approximate surface area is 86.6 Å². The maximum absolute atomic E-state index is 3.02. The Kier molecular flexibility index (Phi) is 9.59. The molecule has 0 aromatic carbocycles. The Morgan fingerprint density at radius 1 is 1.67 bits per heavy atom. The van der Waals surface area contributed by atoms with Gasteiger partial charge in [0.15, 0.2) is 0 Å². The van der Waals surface area contributed by atoms with Crippen LogP contribution in [0.15, 0.2) is 11.4 Å². The molecule has 0 fully saturated rings. The second-order valence-corrected chi connectivity index (χ2v) is 2.13. The molecule has 0 aliphatic heterocycles. The van der Waals surface area contributed by atoms with Crippen LogP contribution in [0.4, 0.5) is 0 Å². The molecule has 0 unspecified atom stereocenters. The molecule has 1 aromatic heterocycles. The molecule has 2 heteroatoms. The second kappa shape index (κ2) is 6.92. The molecule has 0 saturated carbocycles. The van der Waals surface area contributed by atoms with Gasteiger partial charge in [0.05, 0.1) is 0 Å². The molecule has 0 nitrogen and oxygen atoms in total. The van der Waals surface area contributed by atoms with Crippen molar-refractivity contribution >= 4 is 11.3 Å². The first-order valence-electron chi connectivity index (χ1n) is 2.37. The second-order valence-electron chi connectivity index (χ2n) is 1.43. The first-order chi connectivity index (χ1) is 3.43. The van der Waals surface area contributed by atoms with E-state index in [1.165, 1.54) is 5.56 Å². The van der Waals surface area contributed by atoms with Crippen LogP contribution >= 0.6 is 11.3 Å². The fourth-order valence-corrected chi connectivity index (χ4v) is 1.11. The van der Waals surface area contributed by atoms with E-state index in [9.17, 15) is 0 Å². The third-order valence-electron chi connectivity index (χ3n) is 0.931. The van der Waals surface area contributed by atoms with Crippen molar-refractivity contribution < 1.29 is 32.7 Å². The van der Waals surface area contributed by atoms with E-state index in [0.29, 0.717) is 0 Å². The fraction of sp³-hybridized carbons (Fsp3) is 0.286. The van der Waals surface area contributed by atoms with Gasteiger partial charge in [0.2, 0.25) is 0 Å². The quantitative estimate of drug-likeness (QED) is 0.631. The average Bonchev–Trinajstić information content (AvgIpc) is 2.14. The zero-order chi connectivity index (χ0) is 5.11. The van der Waals surface area contributed by atoms with E-state index >= 15 is 0 Å². The van der Waals surface area contributed by atoms with Crippen LogP contribution in [0.5, 0.6) is 0 Å². The Balaban J connectivity index is 0. The summed E-state index contributed by atoms with van der Waals surface area (Å²) in [5.74, 6) is 0. The van der Waals surface area contributed by atoms with Gasteiger partial charge in [-0.05, 0) is 0 Å². The molecule has 49 valence electrons. The van der Waals surface area contributed by atoms with Crippen LogP contribution < -0.4 is 0 Å². The number of rotatable bonds is 1. The first kappa shape index (κ1) is 12.5. The normalized spacial score (nSPS) is 7.22. The predicted molar refractivity (Wildman–Crippen MR) is 38.9 cm³/mol. The van der Waals surface area contributed by atoms with E-state index in [1.54, 1.807) is 11.3 Å². The standard InChI is InChI=1S/C6H7S.CH3.Y/c1-2-6-3-4-7-5-6;;/h3,5H,2H2,1H3;1H3;/q2*-1;. The summed E-state index contributed by atoms with van der Waals surface area (Å²) in [6.07, 6.45) is 1.14. The van der Waals surface area contributed by atoms with Crippen molar-refractivity contribution in [2.24, 2.45) is 0 Å². The molecule has 0 spiro atoms. The van der Waals surface area contributed by atoms with Crippen molar-refractivity contribution in [1.82, 2.24) is 0 Å². The Bertz CT molecular complexity index is 123. The van der Waals surface area contributed by atoms with Gasteiger partial charge in [-0.1, -0.05) is 13.3 Å². The van der Waals surface area contributed by atoms with Crippen LogP contribution in [0.2, 0.25) is 0 Å². The van der Waals surface area contributed by atoms with E-state index in [4.69, 9.17) is 0 Å². The van der Waals surface area contributed by atoms with Gasteiger partial charge < -0.3 is 18.8 Å². The van der Waals surface area contributed by atoms with Gasteiger partial charge in [-0.3, -0.25) is 0 Å². The van der Waals surface area contributed by atoms with Gasteiger partial charge in [-0.25, -0.2) is 0 Å². The summed E-state index contributed by atoms with van der Waals surface area (Å²) in [7, 11) is 0. The summed E-state index contributed by atoms with van der Waals surface area (Å²) in [5, 5.41) is 5.15. The molecule has 1 aromatic rings. The minimum absolute atomic E-state index is 0. The zero-order valence-electron chi connectivity index (χ0n) is 5.85. The smallest absolute Gasteiger partial charge is 0 e. The van der Waals surface area contributed by atoms with E-state index in [2.05, 4.69) is 17.7 Å². The summed E-state index contributed by atoms with van der Waals surface area (Å²) < 4.78 is 0. The Morgan fingerprint density at radius 3 is 2.56 bits per heavy atom. The molecular formula is C7H10SY-2. The van der Waals surface area contributed by atoms with Gasteiger partial charge in [0.1, 0.15) is 0 Å². The SMILES string of the molecule is CCc1c[c-]sc1.[CH3-].[Y]. The molecule has 0 aliphatic rings. The fourth-order valence-electron chi connectivity index (χ4n) is 0.439. The molecule has 1 radical (unpaired) electrons. The maximum atomic E-state index is 3.02. The predicted octanol–water partition coefficient (Wildman–Crippen LogP) is 2.56. The van der Waals surface area contributed by atoms with E-state index in [1.807, 2.05) is 6.07 Å². The van der Waals surface area contributed by atoms with Crippen LogP contribution in [0.25, 0.3) is 0 Å². The minimum atomic E-state index is 0. The van der Waals surface area contributed by atoms with E-state index < -0.39 is 0 Å². The summed E-state index contributed by atoms with van der Waals surface area (Å²) in [6.45, 7) is 2.15. The number of thiophene rings is 1. The molecule has 1 rings (SSSR count). The molecule has 0 atom stereocenters. The van der Waals surface area contributed by atoms with Gasteiger partial charge in [-0.2, -0.15) is 17.0 Å². The largest absolute Gasteiger partial charge is 0.358 e. The van der Waals surface area contributed by atoms with Crippen molar-refractivity contribution in [3.63, 3.8) is 0 Å². The molecule has 9 heavy (non-hydrogen) atoms. The van der Waals surface area contributed by atoms with E-state index in [-0.39, 0.29) is 40.1 Å². The molecule has 1 heterocycles. The monoisotopic (exact) mass is 215 g/mol. The van der Waals surface area contributed by atoms with Crippen LogP contribution in [-0.2, 0) is 39.1 Å². The van der Waals surface area contributed by atoms with Crippen molar-refractivity contribution in [3.05, 3.63) is 29.8 Å². The van der Waals surface area contributed by atoms with Crippen LogP contribution in [0.1, 0.15) is 12.5 Å². The summed E-state index contributed by atoms with van der Waals surface area (Å²) >= 11 is 1.64. The van der Waals surface area contributed by atoms with E-state index in [0.717, 1.165) is 6.42 Å². The summed E-state index contributed by atoms with van der Waals surface area (Å²) in [4.78, 5) is 0. The van der Waals surface area contributed by atoms with Gasteiger partial charge in [0, 0.05) is 32.7 Å².